The van der Waals surface area contributed by atoms with E-state index in [1.165, 1.54) is 0 Å². The summed E-state index contributed by atoms with van der Waals surface area (Å²) in [6.07, 6.45) is 0. The first-order valence-electron chi connectivity index (χ1n) is 6.28. The Labute approximate surface area is 131 Å². The molecule has 1 heterocycles. The van der Waals surface area contributed by atoms with Gasteiger partial charge >= 0.3 is 0 Å². The molecule has 6 heteroatoms. The summed E-state index contributed by atoms with van der Waals surface area (Å²) in [7, 11) is -3.70. The third-order valence-corrected chi connectivity index (χ3v) is 5.34. The smallest absolute Gasteiger partial charge is 0.199 e. The molecule has 3 rings (SSSR count). The van der Waals surface area contributed by atoms with Gasteiger partial charge in [-0.1, -0.05) is 33.6 Å². The quantitative estimate of drug-likeness (QED) is 0.700. The second-order valence-electron chi connectivity index (χ2n) is 4.83. The van der Waals surface area contributed by atoms with E-state index in [1.54, 1.807) is 37.3 Å². The minimum absolute atomic E-state index is 0.223. The van der Waals surface area contributed by atoms with Crippen LogP contribution < -0.4 is 0 Å². The largest absolute Gasteiger partial charge is 0.283 e. The van der Waals surface area contributed by atoms with Crippen LogP contribution in [0.15, 0.2) is 45.8 Å². The lowest BCUT2D eigenvalue weighted by Crippen LogP contribution is -2.14. The monoisotopic (exact) mass is 363 g/mol. The Kier molecular flexibility index (Phi) is 3.37. The fraction of sp³-hybridized carbons (Fsp3) is 0.133. The molecule has 0 bridgehead atoms. The van der Waals surface area contributed by atoms with Gasteiger partial charge in [0.15, 0.2) is 0 Å². The number of rotatable bonds is 2. The van der Waals surface area contributed by atoms with Crippen LogP contribution in [-0.4, -0.2) is 17.6 Å². The van der Waals surface area contributed by atoms with E-state index in [-0.39, 0.29) is 4.90 Å². The molecule has 0 atom stereocenters. The highest BCUT2D eigenvalue weighted by Gasteiger charge is 2.21. The molecule has 21 heavy (non-hydrogen) atoms. The molecule has 0 saturated carbocycles. The summed E-state index contributed by atoms with van der Waals surface area (Å²) in [6.45, 7) is 3.70. The normalized spacial score (nSPS) is 12.0. The van der Waals surface area contributed by atoms with Crippen molar-refractivity contribution in [2.75, 3.05) is 0 Å². The highest BCUT2D eigenvalue weighted by molar-refractivity contribution is 9.10. The van der Waals surface area contributed by atoms with Crippen molar-refractivity contribution in [3.63, 3.8) is 0 Å². The van der Waals surface area contributed by atoms with E-state index < -0.39 is 10.0 Å². The molecule has 0 fully saturated rings. The first-order valence-corrected chi connectivity index (χ1v) is 8.52. The molecule has 107 valence electrons. The summed E-state index contributed by atoms with van der Waals surface area (Å²) >= 11 is 3.34. The minimum atomic E-state index is -3.70. The van der Waals surface area contributed by atoms with Crippen LogP contribution in [0, 0.1) is 19.9 Å². The zero-order chi connectivity index (χ0) is 15.2. The lowest BCUT2D eigenvalue weighted by molar-refractivity contribution is 0.582. The number of hydrogen-bond donors (Lipinski definition) is 0. The highest BCUT2D eigenvalue weighted by Crippen LogP contribution is 2.25. The fourth-order valence-electron chi connectivity index (χ4n) is 2.14. The summed E-state index contributed by atoms with van der Waals surface area (Å²) in [4.78, 5) is 0.223. The molecule has 0 spiro atoms. The van der Waals surface area contributed by atoms with Gasteiger partial charge in [0.05, 0.1) is 16.1 Å². The first-order chi connectivity index (χ1) is 9.89. The van der Waals surface area contributed by atoms with E-state index in [0.717, 1.165) is 19.5 Å². The van der Waals surface area contributed by atoms with Crippen LogP contribution in [0.4, 0.5) is 0 Å². The second kappa shape index (κ2) is 4.96. The Morgan fingerprint density at radius 3 is 2.52 bits per heavy atom. The Hall–Kier alpha value is -1.66. The molecular formula is C15H12BrN2O2S. The van der Waals surface area contributed by atoms with E-state index in [4.69, 9.17) is 0 Å². The van der Waals surface area contributed by atoms with Crippen molar-refractivity contribution in [2.24, 2.45) is 0 Å². The molecule has 0 saturated heterocycles. The highest BCUT2D eigenvalue weighted by atomic mass is 79.9. The van der Waals surface area contributed by atoms with Crippen molar-refractivity contribution in [3.05, 3.63) is 58.2 Å². The SMILES string of the molecule is Cc1ccc(S(=O)(=O)n2nc(C)c3cc(Br)[c]cc32)cc1. The van der Waals surface area contributed by atoms with Crippen molar-refractivity contribution in [2.45, 2.75) is 18.7 Å². The van der Waals surface area contributed by atoms with Crippen LogP contribution in [0.2, 0.25) is 0 Å². The third-order valence-electron chi connectivity index (χ3n) is 3.28. The standard InChI is InChI=1S/C15H12BrN2O2S/c1-10-3-6-13(7-4-10)21(19,20)18-15-8-5-12(16)9-14(15)11(2)17-18/h3-4,6-9H,1-2H3. The number of aryl methyl sites for hydroxylation is 2. The number of hydrogen-bond acceptors (Lipinski definition) is 3. The van der Waals surface area contributed by atoms with Crippen LogP contribution in [0.3, 0.4) is 0 Å². The van der Waals surface area contributed by atoms with Gasteiger partial charge in [-0.25, -0.2) is 0 Å². The number of halogens is 1. The molecule has 2 aromatic carbocycles. The molecule has 3 aromatic rings. The van der Waals surface area contributed by atoms with E-state index >= 15 is 0 Å². The maximum atomic E-state index is 12.7. The molecule has 0 N–H and O–H groups in total. The second-order valence-corrected chi connectivity index (χ2v) is 7.45. The maximum Gasteiger partial charge on any atom is 0.283 e. The molecule has 0 aliphatic heterocycles. The van der Waals surface area contributed by atoms with Crippen LogP contribution >= 0.6 is 15.9 Å². The van der Waals surface area contributed by atoms with Crippen molar-refractivity contribution >= 4 is 36.9 Å². The Balaban J connectivity index is 2.26. The molecule has 0 aliphatic carbocycles. The van der Waals surface area contributed by atoms with Crippen molar-refractivity contribution in [1.82, 2.24) is 9.19 Å². The van der Waals surface area contributed by atoms with Gasteiger partial charge in [0.2, 0.25) is 0 Å². The number of aromatic nitrogens is 2. The van der Waals surface area contributed by atoms with E-state index in [1.807, 2.05) is 13.0 Å². The van der Waals surface area contributed by atoms with Gasteiger partial charge in [0, 0.05) is 9.86 Å². The van der Waals surface area contributed by atoms with Crippen LogP contribution in [0.5, 0.6) is 0 Å². The topological polar surface area (TPSA) is 52.0 Å². The molecule has 4 nitrogen and oxygen atoms in total. The molecule has 0 unspecified atom stereocenters. The summed E-state index contributed by atoms with van der Waals surface area (Å²) in [5, 5.41) is 4.98. The number of benzene rings is 2. The first kappa shape index (κ1) is 14.3. The zero-order valence-corrected chi connectivity index (χ0v) is 13.9. The lowest BCUT2D eigenvalue weighted by atomic mass is 10.2. The Morgan fingerprint density at radius 2 is 1.86 bits per heavy atom. The van der Waals surface area contributed by atoms with E-state index in [2.05, 4.69) is 27.1 Å². The third kappa shape index (κ3) is 2.38. The molecule has 1 radical (unpaired) electrons. The zero-order valence-electron chi connectivity index (χ0n) is 11.5. The molecule has 0 amide bonds. The van der Waals surface area contributed by atoms with Crippen LogP contribution in [0.25, 0.3) is 10.9 Å². The number of nitrogens with zero attached hydrogens (tertiary/aromatic N) is 2. The van der Waals surface area contributed by atoms with Crippen LogP contribution in [0.1, 0.15) is 11.3 Å². The van der Waals surface area contributed by atoms with Gasteiger partial charge in [-0.3, -0.25) is 0 Å². The van der Waals surface area contributed by atoms with Gasteiger partial charge < -0.3 is 0 Å². The van der Waals surface area contributed by atoms with Crippen LogP contribution in [-0.2, 0) is 10.0 Å². The summed E-state index contributed by atoms with van der Waals surface area (Å²) in [6, 6.07) is 13.1. The van der Waals surface area contributed by atoms with Crippen molar-refractivity contribution < 1.29 is 8.42 Å². The number of fused-ring (bicyclic) bond motifs is 1. The van der Waals surface area contributed by atoms with Gasteiger partial charge in [0.1, 0.15) is 0 Å². The van der Waals surface area contributed by atoms with E-state index in [9.17, 15) is 8.42 Å². The maximum absolute atomic E-state index is 12.7. The average molecular weight is 364 g/mol. The van der Waals surface area contributed by atoms with Crippen molar-refractivity contribution in [3.8, 4) is 0 Å². The predicted molar refractivity (Wildman–Crippen MR) is 84.8 cm³/mol. The Morgan fingerprint density at radius 1 is 1.19 bits per heavy atom. The van der Waals surface area contributed by atoms with Gasteiger partial charge in [-0.2, -0.15) is 17.6 Å². The lowest BCUT2D eigenvalue weighted by Gasteiger charge is -2.06. The van der Waals surface area contributed by atoms with E-state index in [0.29, 0.717) is 11.2 Å². The predicted octanol–water partition coefficient (Wildman–Crippen LogP) is 3.45. The van der Waals surface area contributed by atoms with Gasteiger partial charge in [0.25, 0.3) is 10.0 Å². The average Bonchev–Trinajstić information content (AvgIpc) is 2.77. The Bertz CT molecular complexity index is 928. The molecule has 0 aliphatic rings. The van der Waals surface area contributed by atoms with Gasteiger partial charge in [-0.15, -0.1) is 0 Å². The summed E-state index contributed by atoms with van der Waals surface area (Å²) in [5.41, 5.74) is 2.19. The summed E-state index contributed by atoms with van der Waals surface area (Å²) < 4.78 is 27.3. The van der Waals surface area contributed by atoms with Crippen molar-refractivity contribution in [1.29, 1.82) is 0 Å². The fourth-order valence-corrected chi connectivity index (χ4v) is 3.81. The summed E-state index contributed by atoms with van der Waals surface area (Å²) in [5.74, 6) is 0. The minimum Gasteiger partial charge on any atom is -0.199 e. The molecular weight excluding hydrogens is 352 g/mol. The molecule has 1 aromatic heterocycles. The van der Waals surface area contributed by atoms with Gasteiger partial charge in [-0.05, 0) is 44.2 Å².